The van der Waals surface area contributed by atoms with Crippen LogP contribution in [0, 0.1) is 5.92 Å². The summed E-state index contributed by atoms with van der Waals surface area (Å²) in [5.41, 5.74) is 1.51. The molecule has 0 bridgehead atoms. The number of aromatic nitrogens is 3. The Morgan fingerprint density at radius 1 is 1.06 bits per heavy atom. The molecule has 1 unspecified atom stereocenters. The van der Waals surface area contributed by atoms with Crippen LogP contribution in [-0.4, -0.2) is 60.0 Å². The minimum atomic E-state index is -0.267. The van der Waals surface area contributed by atoms with Crippen molar-refractivity contribution in [3.63, 3.8) is 0 Å². The molecule has 3 heterocycles. The smallest absolute Gasteiger partial charge is 0.255 e. The van der Waals surface area contributed by atoms with E-state index < -0.39 is 0 Å². The summed E-state index contributed by atoms with van der Waals surface area (Å²) in [7, 11) is 4.90. The summed E-state index contributed by atoms with van der Waals surface area (Å²) >= 11 is 0. The maximum atomic E-state index is 12.7. The summed E-state index contributed by atoms with van der Waals surface area (Å²) in [4.78, 5) is 15.1. The van der Waals surface area contributed by atoms with Gasteiger partial charge in [0.2, 0.25) is 0 Å². The Morgan fingerprint density at radius 3 is 2.46 bits per heavy atom. The van der Waals surface area contributed by atoms with E-state index >= 15 is 0 Å². The summed E-state index contributed by atoms with van der Waals surface area (Å²) in [6, 6.07) is 5.21. The minimum absolute atomic E-state index is 0.134. The van der Waals surface area contributed by atoms with Crippen molar-refractivity contribution in [3.8, 4) is 17.2 Å². The van der Waals surface area contributed by atoms with Crippen molar-refractivity contribution in [2.75, 3.05) is 34.4 Å². The molecule has 1 aliphatic heterocycles. The molecule has 1 aromatic carbocycles. The van der Waals surface area contributed by atoms with E-state index in [4.69, 9.17) is 18.6 Å². The van der Waals surface area contributed by atoms with Crippen molar-refractivity contribution in [2.24, 2.45) is 5.92 Å². The zero-order valence-corrected chi connectivity index (χ0v) is 20.9. The number of fused-ring (bicyclic) bond motifs is 1. The number of hydrogen-bond donors (Lipinski definition) is 1. The molecule has 188 valence electrons. The topological polar surface area (TPSA) is 104 Å². The van der Waals surface area contributed by atoms with Gasteiger partial charge in [-0.15, -0.1) is 10.2 Å². The van der Waals surface area contributed by atoms with Gasteiger partial charge in [-0.2, -0.15) is 0 Å². The average molecular weight is 484 g/mol. The van der Waals surface area contributed by atoms with Gasteiger partial charge in [-0.25, -0.2) is 0 Å². The molecule has 0 saturated heterocycles. The second-order valence-electron chi connectivity index (χ2n) is 8.88. The third-order valence-electron chi connectivity index (χ3n) is 6.34. The van der Waals surface area contributed by atoms with Crippen LogP contribution in [0.15, 0.2) is 35.1 Å². The van der Waals surface area contributed by atoms with Crippen molar-refractivity contribution < 1.29 is 23.4 Å². The van der Waals surface area contributed by atoms with Crippen LogP contribution in [0.3, 0.4) is 0 Å². The molecule has 1 atom stereocenters. The first-order chi connectivity index (χ1) is 16.9. The zero-order valence-electron chi connectivity index (χ0n) is 20.9. The highest BCUT2D eigenvalue weighted by Crippen LogP contribution is 2.35. The highest BCUT2D eigenvalue weighted by atomic mass is 16.5. The number of rotatable bonds is 9. The highest BCUT2D eigenvalue weighted by molar-refractivity contribution is 5.94. The fourth-order valence-corrected chi connectivity index (χ4v) is 4.38. The lowest BCUT2D eigenvalue weighted by molar-refractivity contribution is 0.0921. The summed E-state index contributed by atoms with van der Waals surface area (Å²) in [5.74, 6) is 3.71. The normalized spacial score (nSPS) is 14.8. The molecule has 1 aliphatic rings. The number of amides is 1. The van der Waals surface area contributed by atoms with Gasteiger partial charge in [-0.3, -0.25) is 9.69 Å². The van der Waals surface area contributed by atoms with Crippen LogP contribution in [0.2, 0.25) is 0 Å². The van der Waals surface area contributed by atoms with Crippen molar-refractivity contribution in [3.05, 3.63) is 53.5 Å². The third kappa shape index (κ3) is 5.27. The monoisotopic (exact) mass is 483 g/mol. The number of hydrogen-bond acceptors (Lipinski definition) is 8. The average Bonchev–Trinajstić information content (AvgIpc) is 3.50. The van der Waals surface area contributed by atoms with Gasteiger partial charge >= 0.3 is 0 Å². The number of nitrogens with zero attached hydrogens (tertiary/aromatic N) is 4. The van der Waals surface area contributed by atoms with E-state index in [1.807, 2.05) is 12.1 Å². The zero-order chi connectivity index (χ0) is 24.9. The fourth-order valence-electron chi connectivity index (χ4n) is 4.38. The largest absolute Gasteiger partial charge is 0.496 e. The first kappa shape index (κ1) is 24.6. The van der Waals surface area contributed by atoms with E-state index in [1.165, 1.54) is 12.5 Å². The predicted molar refractivity (Wildman–Crippen MR) is 129 cm³/mol. The fraction of sp³-hybridized carbons (Fsp3) is 0.480. The molecule has 0 spiro atoms. The van der Waals surface area contributed by atoms with Gasteiger partial charge in [-0.1, -0.05) is 13.8 Å². The molecule has 1 amide bonds. The third-order valence-corrected chi connectivity index (χ3v) is 6.34. The molecule has 1 N–H and O–H groups in total. The molecule has 0 fully saturated rings. The van der Waals surface area contributed by atoms with E-state index in [-0.39, 0.29) is 17.9 Å². The molecule has 0 radical (unpaired) electrons. The lowest BCUT2D eigenvalue weighted by atomic mass is 10.0. The molecule has 2 aromatic heterocycles. The molecular formula is C25H33N5O5. The summed E-state index contributed by atoms with van der Waals surface area (Å²) in [5, 5.41) is 12.1. The molecule has 0 saturated carbocycles. The Bertz CT molecular complexity index is 1140. The first-order valence-corrected chi connectivity index (χ1v) is 11.7. The maximum absolute atomic E-state index is 12.7. The number of methoxy groups -OCH3 is 3. The van der Waals surface area contributed by atoms with Crippen molar-refractivity contribution >= 4 is 5.91 Å². The van der Waals surface area contributed by atoms with Crippen molar-refractivity contribution in [1.29, 1.82) is 0 Å². The second kappa shape index (κ2) is 10.8. The highest BCUT2D eigenvalue weighted by Gasteiger charge is 2.28. The summed E-state index contributed by atoms with van der Waals surface area (Å²) in [6.07, 6.45) is 3.69. The number of nitrogens with one attached hydrogen (secondary N) is 1. The molecule has 4 rings (SSSR count). The Labute approximate surface area is 205 Å². The number of carbonyl (C=O) groups excluding carboxylic acids is 1. The molecule has 35 heavy (non-hydrogen) atoms. The Kier molecular flexibility index (Phi) is 7.60. The van der Waals surface area contributed by atoms with Gasteiger partial charge in [0, 0.05) is 44.2 Å². The minimum Gasteiger partial charge on any atom is -0.496 e. The van der Waals surface area contributed by atoms with Crippen molar-refractivity contribution in [2.45, 2.75) is 39.4 Å². The summed E-state index contributed by atoms with van der Waals surface area (Å²) < 4.78 is 23.7. The van der Waals surface area contributed by atoms with Gasteiger partial charge in [0.25, 0.3) is 5.91 Å². The van der Waals surface area contributed by atoms with Gasteiger partial charge in [0.15, 0.2) is 17.3 Å². The number of furan rings is 1. The molecule has 3 aromatic rings. The van der Waals surface area contributed by atoms with Crippen LogP contribution in [0.1, 0.15) is 47.5 Å². The SMILES string of the molecule is COc1cc(OC)c(OC)cc1CN1CCc2nnc(C(NC(=O)c3ccoc3)C(C)C)n2CC1. The predicted octanol–water partition coefficient (Wildman–Crippen LogP) is 3.08. The number of benzene rings is 1. The van der Waals surface area contributed by atoms with E-state index in [0.29, 0.717) is 23.6 Å². The second-order valence-corrected chi connectivity index (χ2v) is 8.88. The maximum Gasteiger partial charge on any atom is 0.255 e. The van der Waals surface area contributed by atoms with E-state index in [1.54, 1.807) is 27.4 Å². The van der Waals surface area contributed by atoms with Crippen LogP contribution in [-0.2, 0) is 19.5 Å². The van der Waals surface area contributed by atoms with Crippen LogP contribution in [0.25, 0.3) is 0 Å². The number of ether oxygens (including phenoxy) is 3. The Hall–Kier alpha value is -3.53. The van der Waals surface area contributed by atoms with Crippen LogP contribution < -0.4 is 19.5 Å². The van der Waals surface area contributed by atoms with Gasteiger partial charge < -0.3 is 28.5 Å². The molecule has 0 aliphatic carbocycles. The quantitative estimate of drug-likeness (QED) is 0.495. The van der Waals surface area contributed by atoms with Crippen LogP contribution in [0.5, 0.6) is 17.2 Å². The lowest BCUT2D eigenvalue weighted by Gasteiger charge is -2.24. The van der Waals surface area contributed by atoms with Gasteiger partial charge in [0.1, 0.15) is 17.8 Å². The van der Waals surface area contributed by atoms with Gasteiger partial charge in [0.05, 0.1) is 39.2 Å². The first-order valence-electron chi connectivity index (χ1n) is 11.7. The molecule has 10 nitrogen and oxygen atoms in total. The standard InChI is InChI=1S/C25H33N5O5/c1-16(2)23(26-25(31)17-7-11-35-15-17)24-28-27-22-6-8-29(9-10-30(22)24)14-18-12-20(33-4)21(34-5)13-19(18)32-3/h7,11-13,15-16,23H,6,8-10,14H2,1-5H3,(H,26,31). The van der Waals surface area contributed by atoms with E-state index in [2.05, 4.69) is 38.8 Å². The Balaban J connectivity index is 1.51. The van der Waals surface area contributed by atoms with E-state index in [9.17, 15) is 4.79 Å². The van der Waals surface area contributed by atoms with E-state index in [0.717, 1.165) is 49.0 Å². The van der Waals surface area contributed by atoms with Gasteiger partial charge in [-0.05, 0) is 18.1 Å². The Morgan fingerprint density at radius 2 is 1.80 bits per heavy atom. The number of carbonyl (C=O) groups is 1. The molecule has 10 heteroatoms. The lowest BCUT2D eigenvalue weighted by Crippen LogP contribution is -2.34. The van der Waals surface area contributed by atoms with Crippen LogP contribution in [0.4, 0.5) is 0 Å². The summed E-state index contributed by atoms with van der Waals surface area (Å²) in [6.45, 7) is 7.17. The van der Waals surface area contributed by atoms with Crippen molar-refractivity contribution in [1.82, 2.24) is 25.0 Å². The molecular weight excluding hydrogens is 450 g/mol. The van der Waals surface area contributed by atoms with Crippen LogP contribution >= 0.6 is 0 Å².